The lowest BCUT2D eigenvalue weighted by Gasteiger charge is -2.29. The first-order chi connectivity index (χ1) is 23.5. The summed E-state index contributed by atoms with van der Waals surface area (Å²) in [7, 11) is 0. The molecule has 264 valence electrons. The zero-order valence-electron chi connectivity index (χ0n) is 28.8. The van der Waals surface area contributed by atoms with Gasteiger partial charge in [0.05, 0.1) is 24.2 Å². The van der Waals surface area contributed by atoms with Gasteiger partial charge < -0.3 is 29.2 Å². The molecule has 8 nitrogen and oxygen atoms in total. The molecular weight excluding hydrogens is 627 g/mol. The highest BCUT2D eigenvalue weighted by atomic mass is 19.1. The predicted molar refractivity (Wildman–Crippen MR) is 186 cm³/mol. The van der Waals surface area contributed by atoms with Crippen LogP contribution in [0.15, 0.2) is 72.8 Å². The molecule has 0 saturated heterocycles. The van der Waals surface area contributed by atoms with E-state index >= 15 is 4.39 Å². The smallest absolute Gasteiger partial charge is 0.338 e. The summed E-state index contributed by atoms with van der Waals surface area (Å²) in [5.41, 5.74) is 2.78. The fourth-order valence-electron chi connectivity index (χ4n) is 5.97. The van der Waals surface area contributed by atoms with Crippen molar-refractivity contribution in [3.8, 4) is 33.8 Å². The number of carbonyl (C=O) groups is 2. The zero-order chi connectivity index (χ0) is 35.4. The van der Waals surface area contributed by atoms with E-state index in [1.165, 1.54) is 38.5 Å². The van der Waals surface area contributed by atoms with Crippen molar-refractivity contribution in [1.29, 1.82) is 0 Å². The number of rotatable bonds is 17. The molecule has 1 saturated carbocycles. The van der Waals surface area contributed by atoms with E-state index in [2.05, 4.69) is 13.5 Å². The van der Waals surface area contributed by atoms with Crippen LogP contribution in [0.1, 0.15) is 83.6 Å². The second-order valence-corrected chi connectivity index (χ2v) is 13.4. The van der Waals surface area contributed by atoms with Crippen molar-refractivity contribution in [1.82, 2.24) is 0 Å². The lowest BCUT2D eigenvalue weighted by molar-refractivity contribution is -0.162. The first-order valence-electron chi connectivity index (χ1n) is 17.1. The van der Waals surface area contributed by atoms with Gasteiger partial charge in [0, 0.05) is 6.07 Å². The van der Waals surface area contributed by atoms with Gasteiger partial charge in [-0.3, -0.25) is 4.79 Å². The van der Waals surface area contributed by atoms with Crippen molar-refractivity contribution in [3.63, 3.8) is 0 Å². The van der Waals surface area contributed by atoms with Crippen LogP contribution >= 0.6 is 0 Å². The fourth-order valence-corrected chi connectivity index (χ4v) is 5.97. The Bertz CT molecular complexity index is 1560. The van der Waals surface area contributed by atoms with Crippen LogP contribution in [0.3, 0.4) is 0 Å². The first-order valence-corrected chi connectivity index (χ1v) is 17.1. The molecule has 0 spiro atoms. The maximum absolute atomic E-state index is 15.4. The third-order valence-corrected chi connectivity index (χ3v) is 9.19. The predicted octanol–water partition coefficient (Wildman–Crippen LogP) is 8.34. The molecular formula is C40H49FO8. The van der Waals surface area contributed by atoms with Crippen LogP contribution in [0.25, 0.3) is 22.3 Å². The van der Waals surface area contributed by atoms with E-state index in [4.69, 9.17) is 24.1 Å². The molecule has 0 atom stereocenters. The molecule has 1 aliphatic carbocycles. The Morgan fingerprint density at radius 3 is 1.98 bits per heavy atom. The van der Waals surface area contributed by atoms with Crippen LogP contribution in [0.4, 0.5) is 4.39 Å². The van der Waals surface area contributed by atoms with Crippen molar-refractivity contribution >= 4 is 11.9 Å². The van der Waals surface area contributed by atoms with Crippen molar-refractivity contribution < 1.29 is 43.1 Å². The highest BCUT2D eigenvalue weighted by Gasteiger charge is 2.28. The van der Waals surface area contributed by atoms with Crippen LogP contribution in [-0.4, -0.2) is 49.0 Å². The minimum Gasteiger partial charge on any atom is -0.457 e. The maximum Gasteiger partial charge on any atom is 0.338 e. The van der Waals surface area contributed by atoms with Crippen LogP contribution in [0.5, 0.6) is 11.5 Å². The van der Waals surface area contributed by atoms with Gasteiger partial charge in [-0.2, -0.15) is 0 Å². The van der Waals surface area contributed by atoms with Gasteiger partial charge in [0.1, 0.15) is 17.3 Å². The van der Waals surface area contributed by atoms with Gasteiger partial charge >= 0.3 is 11.9 Å². The molecule has 0 amide bonds. The summed E-state index contributed by atoms with van der Waals surface area (Å²) in [5.74, 6) is 0.0805. The van der Waals surface area contributed by atoms with Crippen LogP contribution in [0, 0.1) is 17.2 Å². The van der Waals surface area contributed by atoms with E-state index < -0.39 is 37.5 Å². The summed E-state index contributed by atoms with van der Waals surface area (Å²) in [5, 5.41) is 18.5. The van der Waals surface area contributed by atoms with E-state index in [-0.39, 0.29) is 23.9 Å². The van der Waals surface area contributed by atoms with Crippen molar-refractivity contribution in [2.75, 3.05) is 26.8 Å². The Morgan fingerprint density at radius 2 is 1.41 bits per heavy atom. The molecule has 9 heteroatoms. The number of benzene rings is 3. The molecule has 1 fully saturated rings. The van der Waals surface area contributed by atoms with Gasteiger partial charge in [-0.05, 0) is 97.4 Å². The normalized spacial score (nSPS) is 16.1. The minimum absolute atomic E-state index is 0.108. The third-order valence-electron chi connectivity index (χ3n) is 9.19. The van der Waals surface area contributed by atoms with Gasteiger partial charge in [0.25, 0.3) is 0 Å². The number of halogens is 1. The monoisotopic (exact) mass is 676 g/mol. The summed E-state index contributed by atoms with van der Waals surface area (Å²) >= 11 is 0. The molecule has 0 bridgehead atoms. The number of unbranched alkanes of at least 4 members (excludes halogenated alkanes) is 2. The van der Waals surface area contributed by atoms with Crippen molar-refractivity contribution in [3.05, 3.63) is 84.2 Å². The number of carbonyl (C=O) groups excluding carboxylic acids is 2. The van der Waals surface area contributed by atoms with Crippen LogP contribution < -0.4 is 9.47 Å². The Hall–Kier alpha value is -4.21. The second-order valence-electron chi connectivity index (χ2n) is 13.4. The van der Waals surface area contributed by atoms with Gasteiger partial charge in [0.2, 0.25) is 13.6 Å². The lowest BCUT2D eigenvalue weighted by Crippen LogP contribution is -2.31. The molecule has 0 heterocycles. The third kappa shape index (κ3) is 10.6. The summed E-state index contributed by atoms with van der Waals surface area (Å²) in [6, 6.07) is 18.2. The van der Waals surface area contributed by atoms with E-state index in [0.717, 1.165) is 41.0 Å². The number of esters is 2. The quantitative estimate of drug-likeness (QED) is 0.0636. The zero-order valence-corrected chi connectivity index (χ0v) is 28.8. The molecule has 1 aliphatic rings. The van der Waals surface area contributed by atoms with E-state index in [1.807, 2.05) is 36.4 Å². The molecule has 0 unspecified atom stereocenters. The molecule has 4 rings (SSSR count). The molecule has 3 aromatic rings. The minimum atomic E-state index is -1.08. The summed E-state index contributed by atoms with van der Waals surface area (Å²) < 4.78 is 37.0. The largest absolute Gasteiger partial charge is 0.457 e. The number of ether oxygens (including phenoxy) is 4. The van der Waals surface area contributed by atoms with Crippen LogP contribution in [0.2, 0.25) is 0 Å². The summed E-state index contributed by atoms with van der Waals surface area (Å²) in [4.78, 5) is 24.1. The van der Waals surface area contributed by atoms with E-state index in [0.29, 0.717) is 17.1 Å². The fraction of sp³-hybridized carbons (Fsp3) is 0.450. The lowest BCUT2D eigenvalue weighted by atomic mass is 9.76. The maximum atomic E-state index is 15.4. The van der Waals surface area contributed by atoms with Gasteiger partial charge in [-0.15, -0.1) is 0 Å². The molecule has 0 aromatic heterocycles. The molecule has 0 aliphatic heterocycles. The van der Waals surface area contributed by atoms with Gasteiger partial charge in [-0.1, -0.05) is 75.6 Å². The number of hydrogen-bond acceptors (Lipinski definition) is 8. The van der Waals surface area contributed by atoms with E-state index in [1.54, 1.807) is 38.1 Å². The average Bonchev–Trinajstić information content (AvgIpc) is 3.11. The standard InChI is InChI=1S/C40H49FO8/c1-5-6-7-8-28-9-11-31(12-10-28)36-18-17-32(21-37(36)41)29-13-15-30(16-14-29)33-19-34(46-25-48-38(44)27(2)23-42)22-35(20-33)47-26-49-39(45)40(3,4)24-43/h13-22,28,31,42-43H,2,5-12,23-26H2,1,3-4H3. The Morgan fingerprint density at radius 1 is 0.816 bits per heavy atom. The number of hydrogen-bond donors (Lipinski definition) is 2. The van der Waals surface area contributed by atoms with E-state index in [9.17, 15) is 14.7 Å². The second kappa shape index (κ2) is 18.0. The van der Waals surface area contributed by atoms with Gasteiger partial charge in [0.15, 0.2) is 0 Å². The highest BCUT2D eigenvalue weighted by Crippen LogP contribution is 2.40. The molecule has 49 heavy (non-hydrogen) atoms. The number of aliphatic hydroxyl groups excluding tert-OH is 2. The van der Waals surface area contributed by atoms with Crippen molar-refractivity contribution in [2.45, 2.75) is 78.1 Å². The van der Waals surface area contributed by atoms with Crippen molar-refractivity contribution in [2.24, 2.45) is 11.3 Å². The average molecular weight is 677 g/mol. The first kappa shape index (κ1) is 37.6. The Balaban J connectivity index is 1.46. The Kier molecular flexibility index (Phi) is 13.8. The van der Waals surface area contributed by atoms with Crippen LogP contribution in [-0.2, 0) is 19.1 Å². The summed E-state index contributed by atoms with van der Waals surface area (Å²) in [6.07, 6.45) is 9.55. The molecule has 3 aromatic carbocycles. The SMILES string of the molecule is C=C(CO)C(=O)OCOc1cc(OCOC(=O)C(C)(C)CO)cc(-c2ccc(-c3ccc(C4CCC(CCCCC)CC4)c(F)c3)cc2)c1. The molecule has 0 radical (unpaired) electrons. The topological polar surface area (TPSA) is 112 Å². The Labute approximate surface area is 288 Å². The highest BCUT2D eigenvalue weighted by molar-refractivity contribution is 5.87. The molecule has 2 N–H and O–H groups in total. The number of aliphatic hydroxyl groups is 2. The van der Waals surface area contributed by atoms with Gasteiger partial charge in [-0.25, -0.2) is 9.18 Å². The summed E-state index contributed by atoms with van der Waals surface area (Å²) in [6.45, 7) is 7.01.